The first-order valence-corrected chi connectivity index (χ1v) is 36.3. The molecule has 1 saturated heterocycles. The lowest BCUT2D eigenvalue weighted by molar-refractivity contribution is -0.182. The van der Waals surface area contributed by atoms with Gasteiger partial charge in [0.25, 0.3) is 0 Å². The number of carboxylic acid groups (broad SMARTS) is 1. The van der Waals surface area contributed by atoms with E-state index in [4.69, 9.17) is 5.11 Å². The number of Topliss-reactive ketones (excluding diaryl/α,β-unsaturated/α-hetero) is 2. The van der Waals surface area contributed by atoms with Crippen molar-refractivity contribution in [3.05, 3.63) is 166 Å². The monoisotopic (exact) mass is 1370 g/mol. The van der Waals surface area contributed by atoms with Gasteiger partial charge >= 0.3 is 5.97 Å². The zero-order valence-electron chi connectivity index (χ0n) is 60.3. The van der Waals surface area contributed by atoms with Crippen molar-refractivity contribution in [2.45, 2.75) is 188 Å². The Morgan fingerprint density at radius 3 is 1.81 bits per heavy atom. The van der Waals surface area contributed by atoms with Crippen molar-refractivity contribution in [1.82, 2.24) is 14.8 Å². The van der Waals surface area contributed by atoms with Gasteiger partial charge in [0, 0.05) is 63.8 Å². The molecule has 1 amide bonds. The molecule has 1 aliphatic heterocycles. The van der Waals surface area contributed by atoms with E-state index in [1.54, 1.807) is 73.7 Å². The minimum atomic E-state index is -1.56. The van der Waals surface area contributed by atoms with Gasteiger partial charge in [-0.1, -0.05) is 132 Å². The summed E-state index contributed by atoms with van der Waals surface area (Å²) in [7, 11) is 2.19. The highest BCUT2D eigenvalue weighted by Crippen LogP contribution is 2.69. The lowest BCUT2D eigenvalue weighted by atomic mass is 9.45. The molecule has 0 radical (unpaired) electrons. The summed E-state index contributed by atoms with van der Waals surface area (Å²) in [5.74, 6) is -1.64. The fourth-order valence-corrected chi connectivity index (χ4v) is 19.8. The Morgan fingerprint density at radius 2 is 1.26 bits per heavy atom. The van der Waals surface area contributed by atoms with Crippen LogP contribution in [0.5, 0.6) is 0 Å². The molecule has 540 valence electrons. The Balaban J connectivity index is 0.000000149. The van der Waals surface area contributed by atoms with E-state index in [2.05, 4.69) is 60.9 Å². The molecule has 100 heavy (non-hydrogen) atoms. The van der Waals surface area contributed by atoms with Crippen LogP contribution >= 0.6 is 0 Å². The summed E-state index contributed by atoms with van der Waals surface area (Å²) in [6, 6.07) is 26.6. The number of aliphatic carboxylic acids is 1. The third-order valence-corrected chi connectivity index (χ3v) is 25.6. The van der Waals surface area contributed by atoms with Gasteiger partial charge in [0.15, 0.2) is 28.9 Å². The van der Waals surface area contributed by atoms with Crippen LogP contribution in [0.4, 0.5) is 5.69 Å². The van der Waals surface area contributed by atoms with Crippen molar-refractivity contribution < 1.29 is 69.3 Å². The zero-order valence-corrected chi connectivity index (χ0v) is 60.3. The quantitative estimate of drug-likeness (QED) is 0.0544. The van der Waals surface area contributed by atoms with Crippen molar-refractivity contribution in [2.75, 3.05) is 51.8 Å². The van der Waals surface area contributed by atoms with E-state index in [1.165, 1.54) is 30.5 Å². The van der Waals surface area contributed by atoms with Crippen molar-refractivity contribution >= 4 is 46.5 Å². The maximum absolute atomic E-state index is 12.4. The number of nitrogens with one attached hydrogen (secondary N) is 1. The number of fused-ring (bicyclic) bond motifs is 10. The molecule has 8 N–H and O–H groups in total. The first-order chi connectivity index (χ1) is 47.4. The number of benzene rings is 3. The fraction of sp³-hybridized carbons (Fsp3) is 0.561. The SMILES string of the molecule is CC(C(=O)O)c1cccc(C(=O)c2ccccc2)c1.CCN(CC)CC(=O)Nc1c(C)cccc1C.CN1CCC[C@H]1c1cccnc1.C[C@]12C=CC(=O)C=C1CC[C@@H]1[C@@H]2[C@@H](O)C[C@@]2(C)[C@H]1CC[C@]2(O)C(=O)CO.C[C@]12CCC(=O)C=C1CC[C@@H]1[C@@H]2[C@@H](O)C[C@@]2(C)[C@H]1CC[C@]2(O)C(=O)CO. The summed E-state index contributed by atoms with van der Waals surface area (Å²) in [5, 5.41) is 75.4. The smallest absolute Gasteiger partial charge is 0.310 e. The number of aliphatic hydroxyl groups excluding tert-OH is 4. The normalized spacial score (nSPS) is 33.1. The largest absolute Gasteiger partial charge is 0.481 e. The summed E-state index contributed by atoms with van der Waals surface area (Å²) in [6.07, 6.45) is 19.8. The van der Waals surface area contributed by atoms with E-state index in [-0.39, 0.29) is 69.6 Å². The molecular weight excluding hydrogens is 1260 g/mol. The summed E-state index contributed by atoms with van der Waals surface area (Å²) in [5.41, 5.74) is 3.50. The van der Waals surface area contributed by atoms with Gasteiger partial charge in [0.05, 0.1) is 24.7 Å². The van der Waals surface area contributed by atoms with Gasteiger partial charge in [-0.15, -0.1) is 0 Å². The Labute approximate surface area is 590 Å². The number of hydrogen-bond donors (Lipinski definition) is 8. The standard InChI is InChI=1S/C21H30O5.C21H28O5.C16H14O3.C14H22N2O.C10H14N2/c2*1-19-7-5-13(23)9-12(19)3-4-14-15-6-8-21(26,17(25)11-22)20(15,2)10-16(24)18(14)19;1-11(16(18)19)13-8-5-9-14(10-13)15(17)12-6-3-2-4-7-12;1-5-16(6-2)10-13(17)15-14-11(3)8-7-9-12(14)4;1-12-7-3-5-10(12)9-4-2-6-11-8-9/h9,14-16,18,22,24,26H,3-8,10-11H2,1-2H3;5,7,9,14-16,18,22,24,26H,3-4,6,8,10-11H2,1-2H3;2-11H,1H3,(H,18,19);7-9H,5-6,10H2,1-4H3,(H,15,17);2,4,6,8,10H,3,5,7H2,1H3/t2*14-,15-,16-,18+,19-,20-,21-;;;10-/m00..0/s1. The number of nitrogens with zero attached hydrogens (tertiary/aromatic N) is 3. The van der Waals surface area contributed by atoms with Gasteiger partial charge in [0.2, 0.25) is 5.91 Å². The van der Waals surface area contributed by atoms with Crippen LogP contribution < -0.4 is 5.32 Å². The van der Waals surface area contributed by atoms with Crippen LogP contribution in [0.25, 0.3) is 0 Å². The molecule has 16 atom stereocenters. The number of aliphatic hydroxyl groups is 6. The van der Waals surface area contributed by atoms with Crippen molar-refractivity contribution in [2.24, 2.45) is 57.2 Å². The third kappa shape index (κ3) is 15.1. The molecule has 6 saturated carbocycles. The van der Waals surface area contributed by atoms with Crippen LogP contribution in [-0.4, -0.2) is 161 Å². The Hall–Kier alpha value is -7.00. The molecule has 18 nitrogen and oxygen atoms in total. The number of ketones is 5. The Kier molecular flexibility index (Phi) is 24.5. The van der Waals surface area contributed by atoms with Gasteiger partial charge in [-0.2, -0.15) is 0 Å². The van der Waals surface area contributed by atoms with E-state index in [0.717, 1.165) is 80.4 Å². The molecule has 7 fully saturated rings. The van der Waals surface area contributed by atoms with Crippen molar-refractivity contribution in [3.63, 3.8) is 0 Å². The number of likely N-dealkylation sites (tertiary alicyclic amines) is 1. The topological polar surface area (TPSA) is 292 Å². The van der Waals surface area contributed by atoms with Crippen LogP contribution in [0.3, 0.4) is 0 Å². The highest BCUT2D eigenvalue weighted by Gasteiger charge is 2.70. The maximum atomic E-state index is 12.4. The molecule has 3 aromatic carbocycles. The zero-order chi connectivity index (χ0) is 72.9. The fourth-order valence-electron chi connectivity index (χ4n) is 19.8. The van der Waals surface area contributed by atoms with E-state index in [9.17, 15) is 64.2 Å². The summed E-state index contributed by atoms with van der Waals surface area (Å²) < 4.78 is 0. The molecule has 13 rings (SSSR count). The molecular formula is C82H108N4O14. The number of anilines is 1. The molecule has 0 bridgehead atoms. The minimum Gasteiger partial charge on any atom is -0.481 e. The second-order valence-electron chi connectivity index (χ2n) is 30.8. The molecule has 1 aromatic heterocycles. The van der Waals surface area contributed by atoms with Gasteiger partial charge < -0.3 is 41.1 Å². The Morgan fingerprint density at radius 1 is 0.690 bits per heavy atom. The number of allylic oxidation sites excluding steroid dienone is 5. The number of carbonyl (C=O) groups is 7. The predicted molar refractivity (Wildman–Crippen MR) is 384 cm³/mol. The molecule has 1 unspecified atom stereocenters. The van der Waals surface area contributed by atoms with E-state index in [1.807, 2.05) is 76.5 Å². The van der Waals surface area contributed by atoms with E-state index < -0.39 is 70.9 Å². The first kappa shape index (κ1) is 77.2. The number of aryl methyl sites for hydroxylation is 2. The molecule has 4 aromatic rings. The van der Waals surface area contributed by atoms with E-state index >= 15 is 0 Å². The molecule has 0 spiro atoms. The highest BCUT2D eigenvalue weighted by atomic mass is 16.4. The van der Waals surface area contributed by atoms with Gasteiger partial charge in [0.1, 0.15) is 24.4 Å². The molecule has 8 aliphatic carbocycles. The van der Waals surface area contributed by atoms with Gasteiger partial charge in [-0.25, -0.2) is 0 Å². The average molecular weight is 1370 g/mol. The number of pyridine rings is 1. The predicted octanol–water partition coefficient (Wildman–Crippen LogP) is 10.9. The Bertz CT molecular complexity index is 3710. The van der Waals surface area contributed by atoms with Crippen LogP contribution in [0.2, 0.25) is 0 Å². The number of carboxylic acids is 1. The number of para-hydroxylation sites is 1. The lowest BCUT2D eigenvalue weighted by Crippen LogP contribution is -2.62. The number of amides is 1. The number of aromatic nitrogens is 1. The average Bonchev–Trinajstić information content (AvgIpc) is 1.47. The third-order valence-electron chi connectivity index (χ3n) is 25.6. The van der Waals surface area contributed by atoms with Crippen LogP contribution in [0, 0.1) is 71.0 Å². The number of carbonyl (C=O) groups excluding carboxylic acids is 6. The number of likely N-dealkylation sites (N-methyl/N-ethyl adjacent to an activating group) is 1. The van der Waals surface area contributed by atoms with Gasteiger partial charge in [-0.05, 0) is 219 Å². The van der Waals surface area contributed by atoms with Gasteiger partial charge in [-0.3, -0.25) is 48.3 Å². The molecule has 9 aliphatic rings. The van der Waals surface area contributed by atoms with E-state index in [0.29, 0.717) is 61.4 Å². The molecule has 2 heterocycles. The molecule has 18 heteroatoms. The number of hydrogen-bond acceptors (Lipinski definition) is 16. The second kappa shape index (κ2) is 31.7. The second-order valence-corrected chi connectivity index (χ2v) is 30.8. The highest BCUT2D eigenvalue weighted by molar-refractivity contribution is 6.09. The maximum Gasteiger partial charge on any atom is 0.310 e. The first-order valence-electron chi connectivity index (χ1n) is 36.3. The van der Waals surface area contributed by atoms with Crippen molar-refractivity contribution in [1.29, 1.82) is 0 Å². The van der Waals surface area contributed by atoms with Crippen LogP contribution in [-0.2, 0) is 28.8 Å². The summed E-state index contributed by atoms with van der Waals surface area (Å²) >= 11 is 0. The van der Waals surface area contributed by atoms with Crippen molar-refractivity contribution in [3.8, 4) is 0 Å². The summed E-state index contributed by atoms with van der Waals surface area (Å²) in [6.45, 7) is 20.0. The van der Waals surface area contributed by atoms with Crippen LogP contribution in [0.1, 0.15) is 188 Å². The summed E-state index contributed by atoms with van der Waals surface area (Å²) in [4.78, 5) is 92.2. The lowest BCUT2D eigenvalue weighted by Gasteiger charge is -2.60. The number of rotatable bonds is 14. The van der Waals surface area contributed by atoms with Crippen LogP contribution in [0.15, 0.2) is 133 Å². The minimum absolute atomic E-state index is 0.00912.